The Kier molecular flexibility index (Phi) is 4.81. The number of halogens is 1. The highest BCUT2D eigenvalue weighted by Crippen LogP contribution is 2.14. The van der Waals surface area contributed by atoms with Crippen LogP contribution >= 0.6 is 15.9 Å². The highest BCUT2D eigenvalue weighted by molar-refractivity contribution is 9.10. The van der Waals surface area contributed by atoms with E-state index >= 15 is 0 Å². The predicted octanol–water partition coefficient (Wildman–Crippen LogP) is 2.98. The zero-order chi connectivity index (χ0) is 12.9. The first-order valence-corrected chi connectivity index (χ1v) is 6.11. The predicted molar refractivity (Wildman–Crippen MR) is 69.2 cm³/mol. The molecule has 0 amide bonds. The van der Waals surface area contributed by atoms with Gasteiger partial charge in [-0.3, -0.25) is 0 Å². The van der Waals surface area contributed by atoms with Crippen molar-refractivity contribution in [1.29, 1.82) is 0 Å². The van der Waals surface area contributed by atoms with Crippen LogP contribution in [-0.4, -0.2) is 21.5 Å². The summed E-state index contributed by atoms with van der Waals surface area (Å²) in [4.78, 5) is 19.5. The number of carbonyl (C=O) groups excluding carboxylic acids is 1. The van der Waals surface area contributed by atoms with Crippen LogP contribution in [0, 0.1) is 0 Å². The Morgan fingerprint density at radius 2 is 2.06 bits per heavy atom. The van der Waals surface area contributed by atoms with Gasteiger partial charge in [0.2, 0.25) is 0 Å². The molecule has 0 bridgehead atoms. The quantitative estimate of drug-likeness (QED) is 0.633. The number of hydrogen-bond acceptors (Lipinski definition) is 4. The molecule has 0 spiro atoms. The van der Waals surface area contributed by atoms with Gasteiger partial charge in [-0.1, -0.05) is 6.92 Å². The number of carbonyl (C=O) groups is 1. The van der Waals surface area contributed by atoms with Crippen LogP contribution in [-0.2, 0) is 9.53 Å². The van der Waals surface area contributed by atoms with Crippen molar-refractivity contribution in [3.8, 4) is 0 Å². The lowest BCUT2D eigenvalue weighted by Crippen LogP contribution is -2.25. The molecule has 1 aromatic heterocycles. The highest BCUT2D eigenvalue weighted by Gasteiger charge is 2.18. The Labute approximate surface area is 109 Å². The topological polar surface area (TPSA) is 52.1 Å². The summed E-state index contributed by atoms with van der Waals surface area (Å²) in [5.74, 6) is 0.0859. The van der Waals surface area contributed by atoms with E-state index in [1.165, 1.54) is 12.2 Å². The van der Waals surface area contributed by atoms with E-state index in [0.717, 1.165) is 10.9 Å². The lowest BCUT2D eigenvalue weighted by atomic mass is 10.1. The first kappa shape index (κ1) is 13.8. The lowest BCUT2D eigenvalue weighted by molar-refractivity contribution is -0.150. The molecule has 0 aliphatic rings. The monoisotopic (exact) mass is 298 g/mol. The van der Waals surface area contributed by atoms with Crippen LogP contribution in [0.4, 0.5) is 0 Å². The van der Waals surface area contributed by atoms with Gasteiger partial charge >= 0.3 is 5.97 Å². The molecular weight excluding hydrogens is 284 g/mol. The second-order valence-electron chi connectivity index (χ2n) is 4.13. The summed E-state index contributed by atoms with van der Waals surface area (Å²) in [5.41, 5.74) is -0.442. The summed E-state index contributed by atoms with van der Waals surface area (Å²) in [6.07, 6.45) is 6.87. The Bertz CT molecular complexity index is 413. The second kappa shape index (κ2) is 5.91. The molecular formula is C12H15BrN2O2. The molecule has 0 aromatic carbocycles. The van der Waals surface area contributed by atoms with Crippen LogP contribution in [0.2, 0.25) is 0 Å². The van der Waals surface area contributed by atoms with Gasteiger partial charge in [0.05, 0.1) is 4.47 Å². The van der Waals surface area contributed by atoms with Crippen molar-refractivity contribution in [1.82, 2.24) is 9.97 Å². The summed E-state index contributed by atoms with van der Waals surface area (Å²) in [5, 5.41) is 0. The Morgan fingerprint density at radius 1 is 1.47 bits per heavy atom. The van der Waals surface area contributed by atoms with Crippen LogP contribution < -0.4 is 0 Å². The number of esters is 1. The van der Waals surface area contributed by atoms with Crippen molar-refractivity contribution in [3.63, 3.8) is 0 Å². The smallest absolute Gasteiger partial charge is 0.331 e. The number of rotatable bonds is 4. The molecule has 0 fully saturated rings. The minimum atomic E-state index is -0.442. The maximum atomic E-state index is 11.5. The Hall–Kier alpha value is -1.23. The molecule has 1 heterocycles. The molecule has 1 rings (SSSR count). The van der Waals surface area contributed by atoms with E-state index in [0.29, 0.717) is 5.82 Å². The zero-order valence-corrected chi connectivity index (χ0v) is 11.7. The summed E-state index contributed by atoms with van der Waals surface area (Å²) in [6.45, 7) is 5.71. The summed E-state index contributed by atoms with van der Waals surface area (Å²) in [7, 11) is 0. The fourth-order valence-electron chi connectivity index (χ4n) is 0.929. The normalized spacial score (nSPS) is 11.8. The molecule has 0 atom stereocenters. The summed E-state index contributed by atoms with van der Waals surface area (Å²) >= 11 is 3.23. The van der Waals surface area contributed by atoms with E-state index in [2.05, 4.69) is 25.9 Å². The average Bonchev–Trinajstić information content (AvgIpc) is 2.28. The fraction of sp³-hybridized carbons (Fsp3) is 0.417. The maximum Gasteiger partial charge on any atom is 0.331 e. The minimum Gasteiger partial charge on any atom is -0.457 e. The van der Waals surface area contributed by atoms with Gasteiger partial charge in [0.25, 0.3) is 0 Å². The number of ether oxygens (including phenoxy) is 1. The van der Waals surface area contributed by atoms with Gasteiger partial charge in [-0.2, -0.15) is 0 Å². The van der Waals surface area contributed by atoms with E-state index < -0.39 is 5.60 Å². The van der Waals surface area contributed by atoms with Gasteiger partial charge in [0.15, 0.2) is 5.82 Å². The number of hydrogen-bond donors (Lipinski definition) is 0. The van der Waals surface area contributed by atoms with Crippen LogP contribution in [0.25, 0.3) is 6.08 Å². The van der Waals surface area contributed by atoms with Gasteiger partial charge in [0.1, 0.15) is 5.60 Å². The Morgan fingerprint density at radius 3 is 2.59 bits per heavy atom. The van der Waals surface area contributed by atoms with Crippen LogP contribution in [0.3, 0.4) is 0 Å². The van der Waals surface area contributed by atoms with E-state index in [1.54, 1.807) is 12.4 Å². The molecule has 0 N–H and O–H groups in total. The molecule has 17 heavy (non-hydrogen) atoms. The maximum absolute atomic E-state index is 11.5. The SMILES string of the molecule is CCC(C)(C)OC(=O)/C=C/c1ncc(Br)cn1. The minimum absolute atomic E-state index is 0.386. The number of aromatic nitrogens is 2. The van der Waals surface area contributed by atoms with Gasteiger partial charge in [-0.15, -0.1) is 0 Å². The van der Waals surface area contributed by atoms with Crippen LogP contribution in [0.5, 0.6) is 0 Å². The second-order valence-corrected chi connectivity index (χ2v) is 5.04. The van der Waals surface area contributed by atoms with Gasteiger partial charge in [-0.25, -0.2) is 14.8 Å². The van der Waals surface area contributed by atoms with Gasteiger partial charge in [0, 0.05) is 18.5 Å². The Balaban J connectivity index is 2.60. The molecule has 0 saturated carbocycles. The molecule has 4 nitrogen and oxygen atoms in total. The van der Waals surface area contributed by atoms with Crippen molar-refractivity contribution in [2.75, 3.05) is 0 Å². The van der Waals surface area contributed by atoms with Crippen molar-refractivity contribution >= 4 is 28.0 Å². The van der Waals surface area contributed by atoms with Crippen molar-refractivity contribution in [2.24, 2.45) is 0 Å². The largest absolute Gasteiger partial charge is 0.457 e. The third-order valence-corrected chi connectivity index (χ3v) is 2.65. The molecule has 0 saturated heterocycles. The van der Waals surface area contributed by atoms with E-state index in [-0.39, 0.29) is 5.97 Å². The zero-order valence-electron chi connectivity index (χ0n) is 10.1. The fourth-order valence-corrected chi connectivity index (χ4v) is 1.13. The van der Waals surface area contributed by atoms with Crippen molar-refractivity contribution in [3.05, 3.63) is 28.8 Å². The first-order chi connectivity index (χ1) is 7.93. The molecule has 92 valence electrons. The van der Waals surface area contributed by atoms with Crippen molar-refractivity contribution in [2.45, 2.75) is 32.8 Å². The van der Waals surface area contributed by atoms with Gasteiger partial charge in [-0.05, 0) is 42.3 Å². The first-order valence-electron chi connectivity index (χ1n) is 5.31. The summed E-state index contributed by atoms with van der Waals surface area (Å²) < 4.78 is 6.04. The average molecular weight is 299 g/mol. The molecule has 0 unspecified atom stereocenters. The van der Waals surface area contributed by atoms with Crippen LogP contribution in [0.15, 0.2) is 22.9 Å². The van der Waals surface area contributed by atoms with E-state index in [4.69, 9.17) is 4.74 Å². The standard InChI is InChI=1S/C12H15BrN2O2/c1-4-12(2,3)17-11(16)6-5-10-14-7-9(13)8-15-10/h5-8H,4H2,1-3H3/b6-5+. The lowest BCUT2D eigenvalue weighted by Gasteiger charge is -2.22. The van der Waals surface area contributed by atoms with Crippen LogP contribution in [0.1, 0.15) is 33.0 Å². The molecule has 0 radical (unpaired) electrons. The summed E-state index contributed by atoms with van der Waals surface area (Å²) in [6, 6.07) is 0. The van der Waals surface area contributed by atoms with E-state index in [1.807, 2.05) is 20.8 Å². The van der Waals surface area contributed by atoms with Gasteiger partial charge < -0.3 is 4.74 Å². The highest BCUT2D eigenvalue weighted by atomic mass is 79.9. The number of nitrogens with zero attached hydrogens (tertiary/aromatic N) is 2. The third kappa shape index (κ3) is 5.08. The third-order valence-electron chi connectivity index (χ3n) is 2.24. The van der Waals surface area contributed by atoms with E-state index in [9.17, 15) is 4.79 Å². The molecule has 5 heteroatoms. The molecule has 1 aromatic rings. The molecule has 0 aliphatic carbocycles. The molecule has 0 aliphatic heterocycles. The van der Waals surface area contributed by atoms with Crippen molar-refractivity contribution < 1.29 is 9.53 Å².